The van der Waals surface area contributed by atoms with Gasteiger partial charge in [-0.15, -0.1) is 0 Å². The van der Waals surface area contributed by atoms with Crippen molar-refractivity contribution in [1.29, 1.82) is 0 Å². The molecule has 0 fully saturated rings. The molecule has 0 spiro atoms. The molecular formula is C15H24BrNO3S. The molecule has 21 heavy (non-hydrogen) atoms. The van der Waals surface area contributed by atoms with Crippen molar-refractivity contribution < 1.29 is 13.2 Å². The molecule has 0 amide bonds. The first-order valence-electron chi connectivity index (χ1n) is 7.31. The minimum Gasteiger partial charge on any atom is -0.493 e. The van der Waals surface area contributed by atoms with E-state index in [1.165, 1.54) is 0 Å². The topological polar surface area (TPSA) is 55.4 Å². The lowest BCUT2D eigenvalue weighted by molar-refractivity contribution is 0.340. The first-order chi connectivity index (χ1) is 9.98. The second-order valence-electron chi connectivity index (χ2n) is 4.93. The lowest BCUT2D eigenvalue weighted by atomic mass is 10.2. The quantitative estimate of drug-likeness (QED) is 0.636. The smallest absolute Gasteiger partial charge is 0.153 e. The molecule has 0 aliphatic heterocycles. The van der Waals surface area contributed by atoms with E-state index in [-0.39, 0.29) is 18.1 Å². The predicted molar refractivity (Wildman–Crippen MR) is 90.6 cm³/mol. The Bertz CT molecular complexity index is 532. The summed E-state index contributed by atoms with van der Waals surface area (Å²) in [6.45, 7) is 5.92. The van der Waals surface area contributed by atoms with Gasteiger partial charge in [0.05, 0.1) is 11.5 Å². The van der Waals surface area contributed by atoms with Gasteiger partial charge in [-0.1, -0.05) is 29.8 Å². The summed E-state index contributed by atoms with van der Waals surface area (Å²) < 4.78 is 29.8. The van der Waals surface area contributed by atoms with E-state index in [1.807, 2.05) is 25.1 Å². The predicted octanol–water partition coefficient (Wildman–Crippen LogP) is 3.15. The van der Waals surface area contributed by atoms with Crippen LogP contribution in [-0.2, 0) is 16.4 Å². The van der Waals surface area contributed by atoms with E-state index in [0.29, 0.717) is 12.2 Å². The van der Waals surface area contributed by atoms with Crippen LogP contribution < -0.4 is 10.1 Å². The molecular weight excluding hydrogens is 354 g/mol. The number of benzene rings is 1. The van der Waals surface area contributed by atoms with Gasteiger partial charge >= 0.3 is 0 Å². The van der Waals surface area contributed by atoms with Crippen LogP contribution in [0.15, 0.2) is 22.7 Å². The molecule has 120 valence electrons. The average Bonchev–Trinajstić information content (AvgIpc) is 2.42. The molecule has 4 nitrogen and oxygen atoms in total. The first kappa shape index (κ1) is 18.5. The van der Waals surface area contributed by atoms with Crippen LogP contribution in [0.4, 0.5) is 0 Å². The van der Waals surface area contributed by atoms with Gasteiger partial charge in [0, 0.05) is 11.0 Å². The summed E-state index contributed by atoms with van der Waals surface area (Å²) >= 11 is 3.51. The van der Waals surface area contributed by atoms with Gasteiger partial charge in [-0.05, 0) is 43.1 Å². The molecule has 1 aromatic rings. The monoisotopic (exact) mass is 377 g/mol. The van der Waals surface area contributed by atoms with Crippen molar-refractivity contribution in [3.63, 3.8) is 0 Å². The number of sulfone groups is 1. The van der Waals surface area contributed by atoms with Crippen molar-refractivity contribution in [3.8, 4) is 5.75 Å². The van der Waals surface area contributed by atoms with Crippen molar-refractivity contribution in [2.45, 2.75) is 33.2 Å². The van der Waals surface area contributed by atoms with Crippen LogP contribution in [0.5, 0.6) is 5.75 Å². The zero-order chi connectivity index (χ0) is 15.7. The van der Waals surface area contributed by atoms with Crippen LogP contribution in [0.3, 0.4) is 0 Å². The average molecular weight is 378 g/mol. The van der Waals surface area contributed by atoms with Gasteiger partial charge in [0.25, 0.3) is 0 Å². The number of hydrogen-bond acceptors (Lipinski definition) is 4. The molecule has 0 saturated heterocycles. The molecule has 0 radical (unpaired) electrons. The molecule has 0 saturated carbocycles. The van der Waals surface area contributed by atoms with Gasteiger partial charge in [-0.25, -0.2) is 8.42 Å². The maximum atomic E-state index is 11.6. The van der Waals surface area contributed by atoms with Gasteiger partial charge in [0.1, 0.15) is 12.4 Å². The maximum Gasteiger partial charge on any atom is 0.153 e. The fraction of sp³-hybridized carbons (Fsp3) is 0.600. The third kappa shape index (κ3) is 7.29. The number of nitrogens with one attached hydrogen (secondary N) is 1. The van der Waals surface area contributed by atoms with Crippen LogP contribution in [0, 0.1) is 0 Å². The van der Waals surface area contributed by atoms with E-state index in [4.69, 9.17) is 4.74 Å². The molecule has 1 aromatic carbocycles. The fourth-order valence-electron chi connectivity index (χ4n) is 1.88. The summed E-state index contributed by atoms with van der Waals surface area (Å²) in [6.07, 6.45) is 1.73. The second-order valence-corrected chi connectivity index (χ2v) is 8.09. The number of halogens is 1. The van der Waals surface area contributed by atoms with E-state index in [0.717, 1.165) is 29.5 Å². The first-order valence-corrected chi connectivity index (χ1v) is 9.92. The SMILES string of the molecule is CCCNCc1cc(OCCS(=O)(=O)CCC)ccc1Br. The Kier molecular flexibility index (Phi) is 8.29. The summed E-state index contributed by atoms with van der Waals surface area (Å²) in [6, 6.07) is 5.72. The molecule has 6 heteroatoms. The fourth-order valence-corrected chi connectivity index (χ4v) is 3.43. The van der Waals surface area contributed by atoms with Gasteiger partial charge in [-0.2, -0.15) is 0 Å². The Morgan fingerprint density at radius 3 is 2.62 bits per heavy atom. The number of hydrogen-bond donors (Lipinski definition) is 1. The van der Waals surface area contributed by atoms with Crippen LogP contribution in [0.2, 0.25) is 0 Å². The van der Waals surface area contributed by atoms with Gasteiger partial charge in [0.15, 0.2) is 9.84 Å². The van der Waals surface area contributed by atoms with Crippen molar-refractivity contribution in [2.75, 3.05) is 24.7 Å². The Balaban J connectivity index is 2.54. The lowest BCUT2D eigenvalue weighted by Crippen LogP contribution is -2.17. The van der Waals surface area contributed by atoms with Crippen LogP contribution in [0.1, 0.15) is 32.3 Å². The Labute approximate surface area is 136 Å². The highest BCUT2D eigenvalue weighted by Gasteiger charge is 2.10. The summed E-state index contributed by atoms with van der Waals surface area (Å²) in [5, 5.41) is 3.34. The van der Waals surface area contributed by atoms with E-state index in [2.05, 4.69) is 28.2 Å². The lowest BCUT2D eigenvalue weighted by Gasteiger charge is -2.10. The van der Waals surface area contributed by atoms with Crippen molar-refractivity contribution in [3.05, 3.63) is 28.2 Å². The number of rotatable bonds is 10. The molecule has 0 aliphatic rings. The summed E-state index contributed by atoms with van der Waals surface area (Å²) in [7, 11) is -2.98. The minimum atomic E-state index is -2.98. The third-order valence-corrected chi connectivity index (χ3v) is 5.53. The molecule has 1 N–H and O–H groups in total. The highest BCUT2D eigenvalue weighted by atomic mass is 79.9. The van der Waals surface area contributed by atoms with Gasteiger partial charge < -0.3 is 10.1 Å². The Morgan fingerprint density at radius 2 is 1.95 bits per heavy atom. The minimum absolute atomic E-state index is 0.0698. The zero-order valence-electron chi connectivity index (χ0n) is 12.7. The summed E-state index contributed by atoms with van der Waals surface area (Å²) in [5.74, 6) is 1.00. The van der Waals surface area contributed by atoms with E-state index in [1.54, 1.807) is 0 Å². The van der Waals surface area contributed by atoms with Crippen molar-refractivity contribution >= 4 is 25.8 Å². The third-order valence-electron chi connectivity index (χ3n) is 2.94. The summed E-state index contributed by atoms with van der Waals surface area (Å²) in [4.78, 5) is 0. The van der Waals surface area contributed by atoms with E-state index in [9.17, 15) is 8.42 Å². The Morgan fingerprint density at radius 1 is 1.19 bits per heavy atom. The van der Waals surface area contributed by atoms with Gasteiger partial charge in [-0.3, -0.25) is 0 Å². The molecule has 0 aromatic heterocycles. The molecule has 0 bridgehead atoms. The highest BCUT2D eigenvalue weighted by Crippen LogP contribution is 2.22. The largest absolute Gasteiger partial charge is 0.493 e. The molecule has 0 atom stereocenters. The van der Waals surface area contributed by atoms with Crippen LogP contribution in [-0.4, -0.2) is 33.1 Å². The molecule has 0 aliphatic carbocycles. The van der Waals surface area contributed by atoms with E-state index >= 15 is 0 Å². The second kappa shape index (κ2) is 9.43. The maximum absolute atomic E-state index is 11.6. The van der Waals surface area contributed by atoms with Crippen molar-refractivity contribution in [1.82, 2.24) is 5.32 Å². The number of ether oxygens (including phenoxy) is 1. The molecule has 0 unspecified atom stereocenters. The van der Waals surface area contributed by atoms with Crippen LogP contribution >= 0.6 is 15.9 Å². The highest BCUT2D eigenvalue weighted by molar-refractivity contribution is 9.10. The Hall–Kier alpha value is -0.590. The summed E-state index contributed by atoms with van der Waals surface area (Å²) in [5.41, 5.74) is 1.11. The normalized spacial score (nSPS) is 11.6. The van der Waals surface area contributed by atoms with E-state index < -0.39 is 9.84 Å². The molecule has 0 heterocycles. The van der Waals surface area contributed by atoms with Gasteiger partial charge in [0.2, 0.25) is 0 Å². The zero-order valence-corrected chi connectivity index (χ0v) is 15.1. The van der Waals surface area contributed by atoms with Crippen molar-refractivity contribution in [2.24, 2.45) is 0 Å². The van der Waals surface area contributed by atoms with Crippen LogP contribution in [0.25, 0.3) is 0 Å². The molecule has 1 rings (SSSR count). The standard InChI is InChI=1S/C15H24BrNO3S/c1-3-7-17-12-13-11-14(5-6-15(13)16)20-8-10-21(18,19)9-4-2/h5-6,11,17H,3-4,7-10,12H2,1-2H3.